The van der Waals surface area contributed by atoms with Crippen LogP contribution in [0.25, 0.3) is 0 Å². The molecule has 1 aromatic carbocycles. The van der Waals surface area contributed by atoms with Crippen LogP contribution in [0.2, 0.25) is 0 Å². The van der Waals surface area contributed by atoms with E-state index in [1.165, 1.54) is 27.3 Å². The fraction of sp³-hybridized carbons (Fsp3) is 0.662. The number of ether oxygens (including phenoxy) is 10. The number of hydrogen-bond donors (Lipinski definition) is 1. The average Bonchev–Trinajstić information content (AvgIpc) is 4.25. The molecule has 17 nitrogen and oxygen atoms in total. The molecular formula is C71H152N6O11S. The summed E-state index contributed by atoms with van der Waals surface area (Å²) in [5.74, 6) is 2.75. The van der Waals surface area contributed by atoms with Crippen LogP contribution in [0.3, 0.4) is 0 Å². The standard InChI is InChI=1S/C9H12O.C8H11NO.C7H10O2.C7H10OS.C6H11N3O.C6H10N2O.C5H12O2.C5H12O.C3H8O.C3H8.12CH4/c1-8-3-5-9(6-4-8)7-10-2;1-7-3-4-8(5-9-7)6-10-2;2*1-6-3-4-7(9-6)5-8-2;1-6-5-9(8-7-6)3-4-10-2;1-5-7-3-6(8-5)4-9-2;1-3-7-5-4-6-2;1-3-5-6-4-2;1-3-4-2;1-3-2;;;;;;;;;;;;/h3-6H,7H2,1-2H3;3-5H,6H2,1-2H3;2*3-4H,5H2,1-2H3;5H,3-4H2,1-2H3;3H,4H2,1-2H3,(H,7,8);3-5H2,1-2H3;3-5H2,1-2H3;3H2,1-2H3;3H2,1-2H3;12*1H4. The summed E-state index contributed by atoms with van der Waals surface area (Å²) in [6.07, 6.45) is 7.88. The van der Waals surface area contributed by atoms with E-state index in [4.69, 9.17) is 47.0 Å². The molecule has 538 valence electrons. The maximum absolute atomic E-state index is 5.20. The van der Waals surface area contributed by atoms with Gasteiger partial charge < -0.3 is 56.8 Å². The number of benzene rings is 1. The summed E-state index contributed by atoms with van der Waals surface area (Å²) < 4.78 is 55.6. The molecule has 18 heteroatoms. The zero-order valence-corrected chi connectivity index (χ0v) is 52.1. The normalized spacial score (nSPS) is 8.27. The van der Waals surface area contributed by atoms with Crippen LogP contribution >= 0.6 is 11.3 Å². The number of H-pyrrole nitrogens is 1. The molecule has 6 rings (SSSR count). The van der Waals surface area contributed by atoms with Gasteiger partial charge in [0.2, 0.25) is 0 Å². The van der Waals surface area contributed by atoms with Gasteiger partial charge in [0.1, 0.15) is 24.0 Å². The molecule has 0 unspecified atom stereocenters. The van der Waals surface area contributed by atoms with Crippen molar-refractivity contribution >= 4 is 11.3 Å². The van der Waals surface area contributed by atoms with Crippen molar-refractivity contribution in [3.05, 3.63) is 140 Å². The minimum atomic E-state index is 0. The van der Waals surface area contributed by atoms with Crippen LogP contribution in [0.15, 0.2) is 83.7 Å². The van der Waals surface area contributed by atoms with E-state index in [-0.39, 0.29) is 89.1 Å². The Morgan fingerprint density at radius 3 is 1.30 bits per heavy atom. The number of methoxy groups -OCH3 is 8. The molecule has 0 fully saturated rings. The monoisotopic (exact) mass is 1300 g/mol. The minimum Gasteiger partial charge on any atom is -0.464 e. The number of thiophene rings is 1. The molecule has 1 N–H and O–H groups in total. The minimum absolute atomic E-state index is 0. The molecule has 5 aromatic heterocycles. The fourth-order valence-corrected chi connectivity index (χ4v) is 5.84. The van der Waals surface area contributed by atoms with Gasteiger partial charge in [-0.1, -0.05) is 157 Å². The first-order valence-corrected chi connectivity index (χ1v) is 27.0. The van der Waals surface area contributed by atoms with E-state index < -0.39 is 0 Å². The van der Waals surface area contributed by atoms with Gasteiger partial charge in [0.05, 0.1) is 70.4 Å². The van der Waals surface area contributed by atoms with Crippen molar-refractivity contribution in [2.45, 2.75) is 225 Å². The number of hydrogen-bond acceptors (Lipinski definition) is 16. The SMILES string of the molecule is C.C.C.C.C.C.C.C.C.C.C.C.CCC.CCCOCC.CCOC.CCOCCOC.COCCn1cc(C)nn1.COCc1ccc(C)cc1.COCc1ccc(C)nc1.COCc1ccc(C)o1.COCc1ccc(C)s1.COCc1cnc(C)[nH]1. The predicted octanol–water partition coefficient (Wildman–Crippen LogP) is 20.5. The molecule has 0 spiro atoms. The summed E-state index contributed by atoms with van der Waals surface area (Å²) in [4.78, 5) is 13.8. The van der Waals surface area contributed by atoms with Gasteiger partial charge in [0.15, 0.2) is 0 Å². The molecule has 5 heterocycles. The summed E-state index contributed by atoms with van der Waals surface area (Å²) in [6, 6.07) is 20.4. The molecule has 89 heavy (non-hydrogen) atoms. The second kappa shape index (κ2) is 96.9. The number of nitrogens with one attached hydrogen (secondary N) is 1. The van der Waals surface area contributed by atoms with E-state index in [2.05, 4.69) is 101 Å². The molecule has 0 saturated heterocycles. The molecular weight excluding hydrogens is 1140 g/mol. The number of pyridine rings is 1. The van der Waals surface area contributed by atoms with E-state index in [0.717, 1.165) is 86.0 Å². The molecule has 0 atom stereocenters. The molecule has 0 saturated carbocycles. The largest absolute Gasteiger partial charge is 0.464 e. The van der Waals surface area contributed by atoms with Crippen LogP contribution in [0.5, 0.6) is 0 Å². The Kier molecular flexibility index (Phi) is 137. The summed E-state index contributed by atoms with van der Waals surface area (Å²) in [5.41, 5.74) is 6.65. The Hall–Kier alpha value is -4.70. The summed E-state index contributed by atoms with van der Waals surface area (Å²) in [5, 5.41) is 7.67. The maximum Gasteiger partial charge on any atom is 0.129 e. The first-order chi connectivity index (χ1) is 37.1. The topological polar surface area (TPSA) is 178 Å². The van der Waals surface area contributed by atoms with Crippen molar-refractivity contribution in [2.75, 3.05) is 103 Å². The van der Waals surface area contributed by atoms with Gasteiger partial charge in [-0.25, -0.2) is 9.67 Å². The highest BCUT2D eigenvalue weighted by molar-refractivity contribution is 7.11. The molecule has 6 aromatic rings. The molecule has 0 radical (unpaired) electrons. The zero-order valence-electron chi connectivity index (χ0n) is 51.2. The van der Waals surface area contributed by atoms with Gasteiger partial charge in [-0.3, -0.25) is 4.98 Å². The smallest absolute Gasteiger partial charge is 0.129 e. The Morgan fingerprint density at radius 1 is 0.461 bits per heavy atom. The Labute approximate surface area is 558 Å². The highest BCUT2D eigenvalue weighted by atomic mass is 32.1. The van der Waals surface area contributed by atoms with Gasteiger partial charge in [-0.15, -0.1) is 16.4 Å². The van der Waals surface area contributed by atoms with E-state index in [0.29, 0.717) is 46.2 Å². The summed E-state index contributed by atoms with van der Waals surface area (Å²) in [6.45, 7) is 33.7. The molecule has 0 aliphatic rings. The zero-order chi connectivity index (χ0) is 58.7. The lowest BCUT2D eigenvalue weighted by molar-refractivity contribution is 0.0777. The third kappa shape index (κ3) is 89.8. The van der Waals surface area contributed by atoms with E-state index in [1.54, 1.807) is 79.1 Å². The van der Waals surface area contributed by atoms with Crippen molar-refractivity contribution in [3.8, 4) is 0 Å². The van der Waals surface area contributed by atoms with Crippen LogP contribution in [-0.2, 0) is 86.9 Å². The van der Waals surface area contributed by atoms with Crippen molar-refractivity contribution in [3.63, 3.8) is 0 Å². The molecule has 0 aliphatic heterocycles. The highest BCUT2D eigenvalue weighted by Crippen LogP contribution is 2.15. The number of imidazole rings is 1. The summed E-state index contributed by atoms with van der Waals surface area (Å²) in [7, 11) is 13.4. The second-order valence-electron chi connectivity index (χ2n) is 16.3. The molecule has 0 amide bonds. The summed E-state index contributed by atoms with van der Waals surface area (Å²) >= 11 is 1.79. The van der Waals surface area contributed by atoms with Gasteiger partial charge in [0, 0.05) is 111 Å². The lowest BCUT2D eigenvalue weighted by atomic mass is 10.2. The Morgan fingerprint density at radius 2 is 0.955 bits per heavy atom. The maximum atomic E-state index is 5.20. The van der Waals surface area contributed by atoms with Crippen LogP contribution < -0.4 is 0 Å². The van der Waals surface area contributed by atoms with Crippen molar-refractivity contribution in [1.82, 2.24) is 29.9 Å². The number of aromatic nitrogens is 6. The Bertz CT molecular complexity index is 1890. The van der Waals surface area contributed by atoms with Gasteiger partial charge in [-0.05, 0) is 110 Å². The van der Waals surface area contributed by atoms with Gasteiger partial charge in [0.25, 0.3) is 0 Å². The second-order valence-corrected chi connectivity index (χ2v) is 17.6. The van der Waals surface area contributed by atoms with Crippen LogP contribution in [0.1, 0.15) is 204 Å². The van der Waals surface area contributed by atoms with Crippen LogP contribution in [0, 0.1) is 41.5 Å². The third-order valence-corrected chi connectivity index (χ3v) is 9.56. The molecule has 0 bridgehead atoms. The van der Waals surface area contributed by atoms with E-state index >= 15 is 0 Å². The average molecular weight is 1300 g/mol. The van der Waals surface area contributed by atoms with Gasteiger partial charge >= 0.3 is 0 Å². The number of aromatic amines is 1. The van der Waals surface area contributed by atoms with Crippen molar-refractivity contribution in [2.24, 2.45) is 0 Å². The third-order valence-electron chi connectivity index (χ3n) is 8.59. The number of furan rings is 1. The first-order valence-electron chi connectivity index (χ1n) is 26.1. The fourth-order valence-electron chi connectivity index (χ4n) is 4.98. The van der Waals surface area contributed by atoms with E-state index in [1.807, 2.05) is 85.1 Å². The lowest BCUT2D eigenvalue weighted by Gasteiger charge is -1.98. The highest BCUT2D eigenvalue weighted by Gasteiger charge is 1.96. The van der Waals surface area contributed by atoms with Crippen LogP contribution in [-0.4, -0.2) is 133 Å². The van der Waals surface area contributed by atoms with Crippen LogP contribution in [0.4, 0.5) is 0 Å². The van der Waals surface area contributed by atoms with Gasteiger partial charge in [-0.2, -0.15) is 0 Å². The lowest BCUT2D eigenvalue weighted by Crippen LogP contribution is -2.04. The van der Waals surface area contributed by atoms with Crippen molar-refractivity contribution in [1.29, 1.82) is 0 Å². The van der Waals surface area contributed by atoms with Crippen molar-refractivity contribution < 1.29 is 51.8 Å². The first kappa shape index (κ1) is 125. The quantitative estimate of drug-likeness (QED) is 0.0673. The number of nitrogens with zero attached hydrogens (tertiary/aromatic N) is 5. The molecule has 0 aliphatic carbocycles. The Balaban J connectivity index is -0.0000000474. The number of rotatable bonds is 21. The predicted molar refractivity (Wildman–Crippen MR) is 396 cm³/mol. The number of aryl methyl sites for hydroxylation is 6. The van der Waals surface area contributed by atoms with E-state index in [9.17, 15) is 0 Å².